The van der Waals surface area contributed by atoms with Gasteiger partial charge in [-0.25, -0.2) is 0 Å². The van der Waals surface area contributed by atoms with E-state index in [1.807, 2.05) is 0 Å². The fourth-order valence-corrected chi connectivity index (χ4v) is 2.31. The minimum atomic E-state index is -0.400. The summed E-state index contributed by atoms with van der Waals surface area (Å²) < 4.78 is 0. The smallest absolute Gasteiger partial charge is 0.270 e. The van der Waals surface area contributed by atoms with Gasteiger partial charge in [0.05, 0.1) is 0 Å². The number of amides is 2. The molecule has 0 aliphatic heterocycles. The molecule has 1 heterocycles. The average molecular weight is 350 g/mol. The molecule has 0 bridgehead atoms. The molecule has 0 unspecified atom stereocenters. The molecule has 118 valence electrons. The summed E-state index contributed by atoms with van der Waals surface area (Å²) >= 11 is 11.8. The van der Waals surface area contributed by atoms with Crippen LogP contribution in [0.5, 0.6) is 0 Å². The molecule has 0 saturated carbocycles. The van der Waals surface area contributed by atoms with E-state index in [2.05, 4.69) is 22.2 Å². The highest BCUT2D eigenvalue weighted by Gasteiger charge is 2.12. The Balaban J connectivity index is 2.16. The molecule has 23 heavy (non-hydrogen) atoms. The summed E-state index contributed by atoms with van der Waals surface area (Å²) in [6.45, 7) is 3.83. The lowest BCUT2D eigenvalue weighted by Crippen LogP contribution is -2.24. The zero-order chi connectivity index (χ0) is 16.8. The lowest BCUT2D eigenvalue weighted by Gasteiger charge is -2.07. The number of aromatic nitrogens is 1. The van der Waals surface area contributed by atoms with Gasteiger partial charge in [0.1, 0.15) is 5.69 Å². The van der Waals surface area contributed by atoms with E-state index in [9.17, 15) is 9.59 Å². The van der Waals surface area contributed by atoms with Crippen molar-refractivity contribution in [1.82, 2.24) is 10.3 Å². The number of rotatable bonds is 5. The Hall–Kier alpha value is -2.37. The zero-order valence-electron chi connectivity index (χ0n) is 12.0. The van der Waals surface area contributed by atoms with Crippen molar-refractivity contribution in [2.75, 3.05) is 11.9 Å². The summed E-state index contributed by atoms with van der Waals surface area (Å²) in [6, 6.07) is 7.62. The van der Waals surface area contributed by atoms with Gasteiger partial charge in [0, 0.05) is 34.0 Å². The van der Waals surface area contributed by atoms with E-state index in [0.717, 1.165) is 0 Å². The van der Waals surface area contributed by atoms with E-state index >= 15 is 0 Å². The fourth-order valence-electron chi connectivity index (χ4n) is 1.78. The van der Waals surface area contributed by atoms with Crippen LogP contribution in [0, 0.1) is 0 Å². The minimum Gasteiger partial charge on any atom is -0.347 e. The summed E-state index contributed by atoms with van der Waals surface area (Å²) in [5.74, 6) is -0.783. The first kappa shape index (κ1) is 17.0. The Kier molecular flexibility index (Phi) is 5.73. The van der Waals surface area contributed by atoms with Crippen LogP contribution in [-0.4, -0.2) is 23.3 Å². The highest BCUT2D eigenvalue weighted by molar-refractivity contribution is 6.35. The second-order valence-electron chi connectivity index (χ2n) is 4.54. The molecule has 1 aromatic carbocycles. The van der Waals surface area contributed by atoms with Crippen molar-refractivity contribution in [3.05, 3.63) is 70.5 Å². The molecule has 1 aromatic heterocycles. The maximum Gasteiger partial charge on any atom is 0.270 e. The van der Waals surface area contributed by atoms with Crippen LogP contribution < -0.4 is 10.6 Å². The molecular weight excluding hydrogens is 337 g/mol. The van der Waals surface area contributed by atoms with Crippen LogP contribution in [0.25, 0.3) is 0 Å². The van der Waals surface area contributed by atoms with Gasteiger partial charge in [-0.15, -0.1) is 6.58 Å². The number of carbonyl (C=O) groups excluding carboxylic acids is 2. The topological polar surface area (TPSA) is 71.1 Å². The molecule has 0 aliphatic rings. The van der Waals surface area contributed by atoms with Crippen molar-refractivity contribution in [1.29, 1.82) is 0 Å². The Bertz CT molecular complexity index is 742. The van der Waals surface area contributed by atoms with E-state index < -0.39 is 5.91 Å². The number of hydrogen-bond acceptors (Lipinski definition) is 3. The van der Waals surface area contributed by atoms with E-state index in [1.165, 1.54) is 18.3 Å². The van der Waals surface area contributed by atoms with Crippen molar-refractivity contribution in [3.8, 4) is 0 Å². The van der Waals surface area contributed by atoms with Gasteiger partial charge in [-0.2, -0.15) is 0 Å². The van der Waals surface area contributed by atoms with Crippen LogP contribution >= 0.6 is 23.2 Å². The maximum absolute atomic E-state index is 12.3. The van der Waals surface area contributed by atoms with Crippen molar-refractivity contribution < 1.29 is 9.59 Å². The zero-order valence-corrected chi connectivity index (χ0v) is 13.5. The highest BCUT2D eigenvalue weighted by atomic mass is 35.5. The Labute approximate surface area is 143 Å². The van der Waals surface area contributed by atoms with Gasteiger partial charge >= 0.3 is 0 Å². The molecule has 0 aliphatic carbocycles. The van der Waals surface area contributed by atoms with Gasteiger partial charge in [-0.1, -0.05) is 29.3 Å². The largest absolute Gasteiger partial charge is 0.347 e. The second kappa shape index (κ2) is 7.76. The molecule has 2 rings (SSSR count). The normalized spacial score (nSPS) is 10.0. The van der Waals surface area contributed by atoms with Gasteiger partial charge < -0.3 is 10.6 Å². The summed E-state index contributed by atoms with van der Waals surface area (Å²) in [5.41, 5.74) is 0.894. The molecule has 7 heteroatoms. The summed E-state index contributed by atoms with van der Waals surface area (Å²) in [6.07, 6.45) is 2.94. The molecule has 0 saturated heterocycles. The number of nitrogens with one attached hydrogen (secondary N) is 2. The average Bonchev–Trinajstić information content (AvgIpc) is 2.51. The molecular formula is C16H13Cl2N3O2. The summed E-state index contributed by atoms with van der Waals surface area (Å²) in [4.78, 5) is 28.0. The number of hydrogen-bond donors (Lipinski definition) is 2. The van der Waals surface area contributed by atoms with Gasteiger partial charge in [0.15, 0.2) is 0 Å². The standard InChI is InChI=1S/C16H13Cl2N3O2/c1-2-4-20-16(23)14-6-10(3-5-19-14)15(22)21-13-8-11(17)7-12(18)9-13/h2-3,5-9H,1,4H2,(H,20,23)(H,21,22). The SMILES string of the molecule is C=CCNC(=O)c1cc(C(=O)Nc2cc(Cl)cc(Cl)c2)ccn1. The van der Waals surface area contributed by atoms with Crippen LogP contribution in [-0.2, 0) is 0 Å². The third-order valence-electron chi connectivity index (χ3n) is 2.78. The maximum atomic E-state index is 12.3. The van der Waals surface area contributed by atoms with E-state index in [-0.39, 0.29) is 11.6 Å². The van der Waals surface area contributed by atoms with Crippen LogP contribution in [0.2, 0.25) is 10.0 Å². The monoisotopic (exact) mass is 349 g/mol. The lowest BCUT2D eigenvalue weighted by molar-refractivity contribution is 0.0953. The van der Waals surface area contributed by atoms with Crippen LogP contribution in [0.15, 0.2) is 49.2 Å². The number of pyridine rings is 1. The Morgan fingerprint density at radius 3 is 2.48 bits per heavy atom. The number of benzene rings is 1. The fraction of sp³-hybridized carbons (Fsp3) is 0.0625. The van der Waals surface area contributed by atoms with Gasteiger partial charge in [-0.05, 0) is 30.3 Å². The Morgan fingerprint density at radius 2 is 1.83 bits per heavy atom. The highest BCUT2D eigenvalue weighted by Crippen LogP contribution is 2.22. The van der Waals surface area contributed by atoms with Crippen LogP contribution in [0.1, 0.15) is 20.8 Å². The molecule has 0 spiro atoms. The third kappa shape index (κ3) is 4.81. The lowest BCUT2D eigenvalue weighted by atomic mass is 10.2. The molecule has 0 radical (unpaired) electrons. The summed E-state index contributed by atoms with van der Waals surface area (Å²) in [5, 5.41) is 6.08. The quantitative estimate of drug-likeness (QED) is 0.810. The predicted octanol–water partition coefficient (Wildman–Crippen LogP) is 3.56. The van der Waals surface area contributed by atoms with Crippen LogP contribution in [0.4, 0.5) is 5.69 Å². The van der Waals surface area contributed by atoms with E-state index in [0.29, 0.717) is 27.8 Å². The number of carbonyl (C=O) groups is 2. The molecule has 2 amide bonds. The first-order valence-corrected chi connectivity index (χ1v) is 7.38. The minimum absolute atomic E-state index is 0.142. The van der Waals surface area contributed by atoms with Gasteiger partial charge in [0.25, 0.3) is 11.8 Å². The van der Waals surface area contributed by atoms with E-state index in [1.54, 1.807) is 24.3 Å². The first-order valence-electron chi connectivity index (χ1n) is 6.62. The molecule has 5 nitrogen and oxygen atoms in total. The van der Waals surface area contributed by atoms with Gasteiger partial charge in [-0.3, -0.25) is 14.6 Å². The van der Waals surface area contributed by atoms with Crippen molar-refractivity contribution in [3.63, 3.8) is 0 Å². The number of nitrogens with zero attached hydrogens (tertiary/aromatic N) is 1. The number of halogens is 2. The number of anilines is 1. The third-order valence-corrected chi connectivity index (χ3v) is 3.22. The molecule has 0 atom stereocenters. The molecule has 2 aromatic rings. The van der Waals surface area contributed by atoms with Crippen molar-refractivity contribution >= 4 is 40.7 Å². The van der Waals surface area contributed by atoms with E-state index in [4.69, 9.17) is 23.2 Å². The second-order valence-corrected chi connectivity index (χ2v) is 5.41. The first-order chi connectivity index (χ1) is 11.0. The molecule has 2 N–H and O–H groups in total. The van der Waals surface area contributed by atoms with Crippen molar-refractivity contribution in [2.45, 2.75) is 0 Å². The van der Waals surface area contributed by atoms with Crippen molar-refractivity contribution in [2.24, 2.45) is 0 Å². The predicted molar refractivity (Wildman–Crippen MR) is 91.2 cm³/mol. The Morgan fingerprint density at radius 1 is 1.13 bits per heavy atom. The van der Waals surface area contributed by atoms with Crippen LogP contribution in [0.3, 0.4) is 0 Å². The molecule has 0 fully saturated rings. The van der Waals surface area contributed by atoms with Gasteiger partial charge in [0.2, 0.25) is 0 Å². The summed E-state index contributed by atoms with van der Waals surface area (Å²) in [7, 11) is 0.